The predicted molar refractivity (Wildman–Crippen MR) is 43.9 cm³/mol. The fraction of sp³-hybridized carbons (Fsp3) is 0.125. The average Bonchev–Trinajstić information content (AvgIpc) is 2.47. The van der Waals surface area contributed by atoms with Crippen LogP contribution in [-0.4, -0.2) is 10.2 Å². The molecule has 1 aromatic carbocycles. The van der Waals surface area contributed by atoms with Gasteiger partial charge in [0.15, 0.2) is 0 Å². The quantitative estimate of drug-likeness (QED) is 0.700. The normalized spacial score (nSPS) is 11.0. The Bertz CT molecular complexity index is 450. The Morgan fingerprint density at radius 3 is 2.85 bits per heavy atom. The van der Waals surface area contributed by atoms with Crippen molar-refractivity contribution >= 4 is 10.9 Å². The molecular formula is C8H7F2N3. The van der Waals surface area contributed by atoms with E-state index in [0.717, 1.165) is 12.1 Å². The second kappa shape index (κ2) is 2.77. The maximum Gasteiger partial charge on any atom is 0.137 e. The number of hydrogen-bond acceptors (Lipinski definition) is 2. The summed E-state index contributed by atoms with van der Waals surface area (Å²) in [6.45, 7) is 0.152. The molecule has 0 saturated heterocycles. The number of fused-ring (bicyclic) bond motifs is 1. The van der Waals surface area contributed by atoms with E-state index in [2.05, 4.69) is 10.2 Å². The second-order valence-electron chi connectivity index (χ2n) is 2.69. The summed E-state index contributed by atoms with van der Waals surface area (Å²) in [5.41, 5.74) is 6.08. The Labute approximate surface area is 72.5 Å². The minimum atomic E-state index is -0.639. The summed E-state index contributed by atoms with van der Waals surface area (Å²) >= 11 is 0. The zero-order valence-electron chi connectivity index (χ0n) is 6.64. The maximum atomic E-state index is 13.2. The molecule has 0 amide bonds. The van der Waals surface area contributed by atoms with Gasteiger partial charge in [0.1, 0.15) is 11.6 Å². The third-order valence-electron chi connectivity index (χ3n) is 1.85. The van der Waals surface area contributed by atoms with Gasteiger partial charge in [0, 0.05) is 18.7 Å². The molecule has 0 radical (unpaired) electrons. The van der Waals surface area contributed by atoms with Crippen molar-refractivity contribution in [1.82, 2.24) is 10.2 Å². The van der Waals surface area contributed by atoms with Crippen LogP contribution in [0, 0.1) is 11.6 Å². The standard InChI is InChI=1S/C8H7F2N3/c9-4-1-5(10)8-6(2-4)12-13-7(8)3-11/h1-2H,3,11H2,(H,12,13). The van der Waals surface area contributed by atoms with E-state index in [1.165, 1.54) is 0 Å². The fourth-order valence-electron chi connectivity index (χ4n) is 1.28. The maximum absolute atomic E-state index is 13.2. The lowest BCUT2D eigenvalue weighted by molar-refractivity contribution is 0.591. The van der Waals surface area contributed by atoms with Gasteiger partial charge < -0.3 is 5.73 Å². The van der Waals surface area contributed by atoms with E-state index in [9.17, 15) is 8.78 Å². The van der Waals surface area contributed by atoms with Gasteiger partial charge in [0.25, 0.3) is 0 Å². The number of rotatable bonds is 1. The minimum Gasteiger partial charge on any atom is -0.325 e. The molecule has 0 bridgehead atoms. The lowest BCUT2D eigenvalue weighted by atomic mass is 10.2. The van der Waals surface area contributed by atoms with Gasteiger partial charge in [-0.2, -0.15) is 5.10 Å². The highest BCUT2D eigenvalue weighted by atomic mass is 19.1. The molecule has 1 heterocycles. The molecule has 0 fully saturated rings. The zero-order chi connectivity index (χ0) is 9.42. The van der Waals surface area contributed by atoms with Crippen molar-refractivity contribution in [3.63, 3.8) is 0 Å². The molecule has 0 aliphatic rings. The van der Waals surface area contributed by atoms with Crippen LogP contribution < -0.4 is 5.73 Å². The van der Waals surface area contributed by atoms with Gasteiger partial charge in [-0.25, -0.2) is 8.78 Å². The van der Waals surface area contributed by atoms with Crippen molar-refractivity contribution in [1.29, 1.82) is 0 Å². The molecule has 0 saturated carbocycles. The predicted octanol–water partition coefficient (Wildman–Crippen LogP) is 1.30. The molecular weight excluding hydrogens is 176 g/mol. The van der Waals surface area contributed by atoms with Crippen LogP contribution in [0.1, 0.15) is 5.69 Å². The van der Waals surface area contributed by atoms with Gasteiger partial charge in [-0.05, 0) is 0 Å². The molecule has 0 aliphatic heterocycles. The van der Waals surface area contributed by atoms with Gasteiger partial charge >= 0.3 is 0 Å². The van der Waals surface area contributed by atoms with Crippen LogP contribution in [0.15, 0.2) is 12.1 Å². The van der Waals surface area contributed by atoms with Crippen LogP contribution in [0.25, 0.3) is 10.9 Å². The van der Waals surface area contributed by atoms with Crippen LogP contribution in [0.5, 0.6) is 0 Å². The smallest absolute Gasteiger partial charge is 0.137 e. The molecule has 2 rings (SSSR count). The van der Waals surface area contributed by atoms with Crippen LogP contribution in [0.4, 0.5) is 8.78 Å². The average molecular weight is 183 g/mol. The summed E-state index contributed by atoms with van der Waals surface area (Å²) in [6, 6.07) is 1.98. The fourth-order valence-corrected chi connectivity index (χ4v) is 1.28. The summed E-state index contributed by atoms with van der Waals surface area (Å²) in [7, 11) is 0. The number of halogens is 2. The number of aromatic amines is 1. The van der Waals surface area contributed by atoms with Gasteiger partial charge in [-0.3, -0.25) is 5.10 Å². The van der Waals surface area contributed by atoms with Gasteiger partial charge in [0.2, 0.25) is 0 Å². The van der Waals surface area contributed by atoms with Gasteiger partial charge in [-0.1, -0.05) is 0 Å². The van der Waals surface area contributed by atoms with E-state index in [4.69, 9.17) is 5.73 Å². The SMILES string of the molecule is NCc1[nH]nc2cc(F)cc(F)c12. The first kappa shape index (κ1) is 8.12. The monoisotopic (exact) mass is 183 g/mol. The zero-order valence-corrected chi connectivity index (χ0v) is 6.64. The van der Waals surface area contributed by atoms with E-state index in [0.29, 0.717) is 5.69 Å². The van der Waals surface area contributed by atoms with Crippen molar-refractivity contribution in [2.75, 3.05) is 0 Å². The Balaban J connectivity index is 2.82. The van der Waals surface area contributed by atoms with Crippen LogP contribution in [0.3, 0.4) is 0 Å². The first-order valence-corrected chi connectivity index (χ1v) is 3.74. The van der Waals surface area contributed by atoms with E-state index < -0.39 is 11.6 Å². The van der Waals surface area contributed by atoms with Crippen LogP contribution in [-0.2, 0) is 6.54 Å². The Morgan fingerprint density at radius 1 is 1.38 bits per heavy atom. The summed E-state index contributed by atoms with van der Waals surface area (Å²) in [5, 5.41) is 6.54. The van der Waals surface area contributed by atoms with Gasteiger partial charge in [0.05, 0.1) is 16.6 Å². The molecule has 0 spiro atoms. The van der Waals surface area contributed by atoms with E-state index in [1.54, 1.807) is 0 Å². The van der Waals surface area contributed by atoms with Crippen molar-refractivity contribution in [3.8, 4) is 0 Å². The van der Waals surface area contributed by atoms with Crippen molar-refractivity contribution in [3.05, 3.63) is 29.5 Å². The first-order chi connectivity index (χ1) is 6.22. The lowest BCUT2D eigenvalue weighted by Gasteiger charge is -1.94. The van der Waals surface area contributed by atoms with Crippen molar-refractivity contribution in [2.24, 2.45) is 5.73 Å². The lowest BCUT2D eigenvalue weighted by Crippen LogP contribution is -1.97. The number of benzene rings is 1. The Morgan fingerprint density at radius 2 is 2.15 bits per heavy atom. The van der Waals surface area contributed by atoms with Crippen LogP contribution in [0.2, 0.25) is 0 Å². The second-order valence-corrected chi connectivity index (χ2v) is 2.69. The minimum absolute atomic E-state index is 0.152. The molecule has 0 unspecified atom stereocenters. The number of nitrogens with one attached hydrogen (secondary N) is 1. The third-order valence-corrected chi connectivity index (χ3v) is 1.85. The molecule has 3 nitrogen and oxygen atoms in total. The number of hydrogen-bond donors (Lipinski definition) is 2. The number of nitrogens with zero attached hydrogens (tertiary/aromatic N) is 1. The number of H-pyrrole nitrogens is 1. The number of nitrogens with two attached hydrogens (primary N) is 1. The molecule has 13 heavy (non-hydrogen) atoms. The summed E-state index contributed by atoms with van der Waals surface area (Å²) < 4.78 is 25.9. The van der Waals surface area contributed by atoms with Crippen molar-refractivity contribution < 1.29 is 8.78 Å². The topological polar surface area (TPSA) is 54.7 Å². The highest BCUT2D eigenvalue weighted by molar-refractivity contribution is 5.81. The highest BCUT2D eigenvalue weighted by Crippen LogP contribution is 2.20. The van der Waals surface area contributed by atoms with Crippen LogP contribution >= 0.6 is 0 Å². The summed E-state index contributed by atoms with van der Waals surface area (Å²) in [5.74, 6) is -1.27. The highest BCUT2D eigenvalue weighted by Gasteiger charge is 2.10. The molecule has 5 heteroatoms. The van der Waals surface area contributed by atoms with Gasteiger partial charge in [-0.15, -0.1) is 0 Å². The molecule has 2 aromatic rings. The summed E-state index contributed by atoms with van der Waals surface area (Å²) in [4.78, 5) is 0. The Hall–Kier alpha value is -1.49. The molecule has 3 N–H and O–H groups in total. The van der Waals surface area contributed by atoms with E-state index >= 15 is 0 Å². The van der Waals surface area contributed by atoms with Crippen molar-refractivity contribution in [2.45, 2.75) is 6.54 Å². The molecule has 0 atom stereocenters. The largest absolute Gasteiger partial charge is 0.325 e. The van der Waals surface area contributed by atoms with E-state index in [1.807, 2.05) is 0 Å². The molecule has 0 aliphatic carbocycles. The Kier molecular flexibility index (Phi) is 1.73. The third kappa shape index (κ3) is 1.17. The molecule has 68 valence electrons. The first-order valence-electron chi connectivity index (χ1n) is 3.74. The molecule has 1 aromatic heterocycles. The summed E-state index contributed by atoms with van der Waals surface area (Å²) in [6.07, 6.45) is 0. The van der Waals surface area contributed by atoms with E-state index in [-0.39, 0.29) is 17.4 Å². The number of aromatic nitrogens is 2.